The van der Waals surface area contributed by atoms with E-state index in [4.69, 9.17) is 0 Å². The van der Waals surface area contributed by atoms with Gasteiger partial charge in [0.2, 0.25) is 0 Å². The molecular weight excluding hydrogens is 364 g/mol. The molecule has 2 aromatic carbocycles. The predicted molar refractivity (Wildman–Crippen MR) is 129 cm³/mol. The molecule has 2 nitrogen and oxygen atoms in total. The first-order valence-electron chi connectivity index (χ1n) is 12.2. The summed E-state index contributed by atoms with van der Waals surface area (Å²) in [7, 11) is 0. The fourth-order valence-electron chi connectivity index (χ4n) is 5.69. The van der Waals surface area contributed by atoms with E-state index in [1.807, 2.05) is 0 Å². The van der Waals surface area contributed by atoms with E-state index in [1.165, 1.54) is 68.4 Å². The molecule has 4 rings (SSSR count). The number of nitrogens with zero attached hydrogens (tertiary/aromatic N) is 2. The molecule has 0 aliphatic carbocycles. The summed E-state index contributed by atoms with van der Waals surface area (Å²) in [6.07, 6.45) is 6.59. The van der Waals surface area contributed by atoms with Gasteiger partial charge in [0.25, 0.3) is 0 Å². The summed E-state index contributed by atoms with van der Waals surface area (Å²) in [5, 5.41) is 0. The van der Waals surface area contributed by atoms with Gasteiger partial charge in [0, 0.05) is 24.7 Å². The molecule has 0 saturated carbocycles. The second-order valence-corrected chi connectivity index (χ2v) is 9.98. The van der Waals surface area contributed by atoms with Gasteiger partial charge in [-0.2, -0.15) is 0 Å². The summed E-state index contributed by atoms with van der Waals surface area (Å²) in [4.78, 5) is 5.36. The number of hydrogen-bond acceptors (Lipinski definition) is 2. The highest BCUT2D eigenvalue weighted by Gasteiger charge is 2.27. The molecule has 2 aliphatic rings. The molecule has 0 N–H and O–H groups in total. The summed E-state index contributed by atoms with van der Waals surface area (Å²) in [5.41, 5.74) is 5.90. The van der Waals surface area contributed by atoms with Crippen LogP contribution >= 0.6 is 0 Å². The third-order valence-corrected chi connectivity index (χ3v) is 7.37. The van der Waals surface area contributed by atoms with Crippen molar-refractivity contribution in [3.8, 4) is 11.1 Å². The molecule has 30 heavy (non-hydrogen) atoms. The monoisotopic (exact) mass is 404 g/mol. The van der Waals surface area contributed by atoms with E-state index in [1.54, 1.807) is 5.56 Å². The van der Waals surface area contributed by atoms with Gasteiger partial charge in [-0.05, 0) is 101 Å². The van der Waals surface area contributed by atoms with Gasteiger partial charge in [-0.3, -0.25) is 4.90 Å². The molecule has 0 radical (unpaired) electrons. The number of rotatable bonds is 5. The topological polar surface area (TPSA) is 6.48 Å². The maximum atomic E-state index is 2.70. The maximum absolute atomic E-state index is 2.70. The van der Waals surface area contributed by atoms with E-state index in [0.717, 1.165) is 0 Å². The van der Waals surface area contributed by atoms with E-state index < -0.39 is 0 Å². The third-order valence-electron chi connectivity index (χ3n) is 7.37. The molecule has 2 heteroatoms. The Morgan fingerprint density at radius 1 is 0.800 bits per heavy atom. The fourth-order valence-corrected chi connectivity index (χ4v) is 5.69. The summed E-state index contributed by atoms with van der Waals surface area (Å²) in [6.45, 7) is 13.0. The van der Waals surface area contributed by atoms with Crippen molar-refractivity contribution in [2.45, 2.75) is 83.8 Å². The van der Waals surface area contributed by atoms with Crippen LogP contribution in [0.25, 0.3) is 11.1 Å². The van der Waals surface area contributed by atoms with Crippen molar-refractivity contribution in [3.63, 3.8) is 0 Å². The highest BCUT2D eigenvalue weighted by atomic mass is 15.2. The Balaban J connectivity index is 1.65. The first-order chi connectivity index (χ1) is 14.5. The molecule has 0 bridgehead atoms. The van der Waals surface area contributed by atoms with Crippen LogP contribution in [0.15, 0.2) is 48.5 Å². The molecule has 2 atom stereocenters. The van der Waals surface area contributed by atoms with Gasteiger partial charge in [0.15, 0.2) is 0 Å². The van der Waals surface area contributed by atoms with Crippen LogP contribution in [0.2, 0.25) is 0 Å². The highest BCUT2D eigenvalue weighted by Crippen LogP contribution is 2.38. The molecule has 2 fully saturated rings. The molecule has 2 unspecified atom stereocenters. The second kappa shape index (κ2) is 9.66. The molecular formula is C28H40N2. The van der Waals surface area contributed by atoms with Crippen molar-refractivity contribution >= 4 is 0 Å². The van der Waals surface area contributed by atoms with Crippen LogP contribution in [-0.2, 0) is 0 Å². The molecule has 0 aromatic heterocycles. The summed E-state index contributed by atoms with van der Waals surface area (Å²) >= 11 is 0. The van der Waals surface area contributed by atoms with E-state index >= 15 is 0 Å². The van der Waals surface area contributed by atoms with Crippen LogP contribution in [0.5, 0.6) is 0 Å². The summed E-state index contributed by atoms with van der Waals surface area (Å²) in [5.74, 6) is 0.642. The fraction of sp³-hybridized carbons (Fsp3) is 0.571. The Morgan fingerprint density at radius 2 is 1.63 bits per heavy atom. The van der Waals surface area contributed by atoms with E-state index in [-0.39, 0.29) is 0 Å². The zero-order valence-corrected chi connectivity index (χ0v) is 19.5. The SMILES string of the molecule is CC(C)N1CCCC(c2ccccc2-c2cccc(C3CCCCN3C(C)C)c2)C1. The normalized spacial score (nSPS) is 23.9. The van der Waals surface area contributed by atoms with Gasteiger partial charge >= 0.3 is 0 Å². The molecule has 0 amide bonds. The smallest absolute Gasteiger partial charge is 0.0351 e. The first kappa shape index (κ1) is 21.6. The van der Waals surface area contributed by atoms with Crippen LogP contribution in [0.3, 0.4) is 0 Å². The van der Waals surface area contributed by atoms with Crippen LogP contribution in [0.1, 0.15) is 82.9 Å². The van der Waals surface area contributed by atoms with Crippen LogP contribution in [0.4, 0.5) is 0 Å². The average molecular weight is 405 g/mol. The minimum Gasteiger partial charge on any atom is -0.300 e. The Kier molecular flexibility index (Phi) is 6.95. The van der Waals surface area contributed by atoms with Crippen molar-refractivity contribution in [1.82, 2.24) is 9.80 Å². The second-order valence-electron chi connectivity index (χ2n) is 9.98. The number of likely N-dealkylation sites (tertiary alicyclic amines) is 2. The van der Waals surface area contributed by atoms with Crippen molar-refractivity contribution in [1.29, 1.82) is 0 Å². The number of hydrogen-bond donors (Lipinski definition) is 0. The van der Waals surface area contributed by atoms with Gasteiger partial charge in [0.05, 0.1) is 0 Å². The lowest BCUT2D eigenvalue weighted by molar-refractivity contribution is 0.112. The van der Waals surface area contributed by atoms with Crippen molar-refractivity contribution in [3.05, 3.63) is 59.7 Å². The van der Waals surface area contributed by atoms with Gasteiger partial charge in [-0.1, -0.05) is 48.9 Å². The van der Waals surface area contributed by atoms with E-state index in [9.17, 15) is 0 Å². The minimum atomic E-state index is 0.567. The molecule has 2 aliphatic heterocycles. The predicted octanol–water partition coefficient (Wildman–Crippen LogP) is 6.88. The minimum absolute atomic E-state index is 0.567. The molecule has 0 spiro atoms. The summed E-state index contributed by atoms with van der Waals surface area (Å²) in [6, 6.07) is 20.5. The molecule has 2 heterocycles. The number of benzene rings is 2. The quantitative estimate of drug-likeness (QED) is 0.536. The number of piperidine rings is 2. The standard InChI is InChI=1S/C28H40N2/c1-21(2)29-17-10-13-25(20-29)27-15-6-5-14-26(27)23-11-9-12-24(19-23)28-16-7-8-18-30(28)22(3)4/h5-6,9,11-12,14-15,19,21-22,25,28H,7-8,10,13,16-18,20H2,1-4H3. The Hall–Kier alpha value is -1.64. The van der Waals surface area contributed by atoms with Gasteiger partial charge in [0.1, 0.15) is 0 Å². The van der Waals surface area contributed by atoms with Crippen molar-refractivity contribution < 1.29 is 0 Å². The summed E-state index contributed by atoms with van der Waals surface area (Å²) < 4.78 is 0. The lowest BCUT2D eigenvalue weighted by Crippen LogP contribution is -2.39. The molecule has 2 saturated heterocycles. The van der Waals surface area contributed by atoms with Gasteiger partial charge in [-0.15, -0.1) is 0 Å². The molecule has 2 aromatic rings. The molecule has 162 valence electrons. The first-order valence-corrected chi connectivity index (χ1v) is 12.2. The van der Waals surface area contributed by atoms with Gasteiger partial charge < -0.3 is 4.90 Å². The Labute approximate surface area is 184 Å². The third kappa shape index (κ3) is 4.65. The average Bonchev–Trinajstić information content (AvgIpc) is 2.79. The Morgan fingerprint density at radius 3 is 2.43 bits per heavy atom. The zero-order valence-electron chi connectivity index (χ0n) is 19.5. The van der Waals surface area contributed by atoms with Crippen LogP contribution < -0.4 is 0 Å². The van der Waals surface area contributed by atoms with Crippen molar-refractivity contribution in [2.24, 2.45) is 0 Å². The lowest BCUT2D eigenvalue weighted by atomic mass is 9.84. The maximum Gasteiger partial charge on any atom is 0.0351 e. The van der Waals surface area contributed by atoms with Crippen molar-refractivity contribution in [2.75, 3.05) is 19.6 Å². The largest absolute Gasteiger partial charge is 0.300 e. The lowest BCUT2D eigenvalue weighted by Gasteiger charge is -2.39. The van der Waals surface area contributed by atoms with Gasteiger partial charge in [-0.25, -0.2) is 0 Å². The zero-order chi connectivity index (χ0) is 21.1. The van der Waals surface area contributed by atoms with Crippen LogP contribution in [-0.4, -0.2) is 41.5 Å². The Bertz CT molecular complexity index is 825. The van der Waals surface area contributed by atoms with E-state index in [2.05, 4.69) is 86.0 Å². The van der Waals surface area contributed by atoms with E-state index in [0.29, 0.717) is 24.0 Å². The highest BCUT2D eigenvalue weighted by molar-refractivity contribution is 5.69. The van der Waals surface area contributed by atoms with Crippen LogP contribution in [0, 0.1) is 0 Å².